The van der Waals surface area contributed by atoms with E-state index >= 15 is 0 Å². The Bertz CT molecular complexity index is 1290. The Morgan fingerprint density at radius 2 is 1.00 bits per heavy atom. The molecule has 0 aliphatic heterocycles. The summed E-state index contributed by atoms with van der Waals surface area (Å²) in [6.07, 6.45) is 6.78. The fraction of sp³-hybridized carbons (Fsp3) is 0.167. The van der Waals surface area contributed by atoms with E-state index in [1.165, 1.54) is 0 Å². The van der Waals surface area contributed by atoms with Crippen molar-refractivity contribution in [1.82, 2.24) is 4.57 Å². The van der Waals surface area contributed by atoms with Gasteiger partial charge in [-0.1, -0.05) is 18.2 Å². The van der Waals surface area contributed by atoms with Gasteiger partial charge in [0.2, 0.25) is 0 Å². The topological polar surface area (TPSA) is 128 Å². The Balaban J connectivity index is 1.67. The van der Waals surface area contributed by atoms with E-state index in [2.05, 4.69) is 4.57 Å². The molecule has 0 saturated heterocycles. The van der Waals surface area contributed by atoms with Gasteiger partial charge >= 0.3 is 15.2 Å². The van der Waals surface area contributed by atoms with Crippen molar-refractivity contribution in [2.75, 3.05) is 12.3 Å². The molecule has 4 rings (SSSR count). The molecule has 0 bridgehead atoms. The smallest absolute Gasteiger partial charge is 0.324 e. The van der Waals surface area contributed by atoms with Crippen molar-refractivity contribution < 1.29 is 37.8 Å². The molecule has 35 heavy (non-hydrogen) atoms. The number of rotatable bonds is 9. The molecule has 9 nitrogen and oxygen atoms in total. The zero-order valence-electron chi connectivity index (χ0n) is 18.8. The first kappa shape index (κ1) is 25.2. The van der Waals surface area contributed by atoms with E-state index < -0.39 is 15.2 Å². The first-order valence-corrected chi connectivity index (χ1v) is 14.5. The molecule has 4 N–H and O–H groups in total. The van der Waals surface area contributed by atoms with Crippen LogP contribution in [0.5, 0.6) is 0 Å². The third-order valence-electron chi connectivity index (χ3n) is 5.57. The molecule has 0 fully saturated rings. The monoisotopic (exact) mass is 515 g/mol. The first-order chi connectivity index (χ1) is 16.6. The summed E-state index contributed by atoms with van der Waals surface area (Å²) in [5.74, 6) is 0. The molecule has 0 spiro atoms. The van der Waals surface area contributed by atoms with Crippen LogP contribution in [0.3, 0.4) is 0 Å². The summed E-state index contributed by atoms with van der Waals surface area (Å²) in [4.78, 5) is 36.5. The summed E-state index contributed by atoms with van der Waals surface area (Å²) in [7, 11) is -8.12. The van der Waals surface area contributed by atoms with Crippen molar-refractivity contribution in [3.05, 3.63) is 91.5 Å². The number of hydrogen-bond donors (Lipinski definition) is 4. The van der Waals surface area contributed by atoms with E-state index in [0.717, 1.165) is 28.2 Å². The van der Waals surface area contributed by atoms with Crippen molar-refractivity contribution in [3.63, 3.8) is 0 Å². The Morgan fingerprint density at radius 1 is 0.600 bits per heavy atom. The van der Waals surface area contributed by atoms with Crippen LogP contribution in [-0.4, -0.2) is 36.5 Å². The minimum absolute atomic E-state index is 0.219. The van der Waals surface area contributed by atoms with Crippen LogP contribution in [0.15, 0.2) is 91.5 Å². The summed E-state index contributed by atoms with van der Waals surface area (Å²) in [5.41, 5.74) is 4.76. The predicted octanol–water partition coefficient (Wildman–Crippen LogP) is 2.74. The van der Waals surface area contributed by atoms with Gasteiger partial charge in [-0.05, 0) is 24.3 Å². The molecule has 0 amide bonds. The predicted molar refractivity (Wildman–Crippen MR) is 131 cm³/mol. The minimum Gasteiger partial charge on any atom is -0.324 e. The molecule has 0 radical (unpaired) electrons. The van der Waals surface area contributed by atoms with E-state index in [1.54, 1.807) is 33.9 Å². The standard InChI is InChI=1S/C24H25N3O6P2/c28-34(29,30)18-16-25-12-8-20(9-13-25)23-6-7-24(27(23)22-4-2-1-3-5-22)21-10-14-26(15-11-21)17-19-35(31,32)33/h1-15H,16-19H2,(H2-2,28,29,30,31,32,33)/p+2. The Morgan fingerprint density at radius 3 is 1.37 bits per heavy atom. The fourth-order valence-electron chi connectivity index (χ4n) is 3.79. The number of pyridine rings is 2. The maximum atomic E-state index is 11.2. The first-order valence-electron chi connectivity index (χ1n) is 10.9. The quantitative estimate of drug-likeness (QED) is 0.201. The SMILES string of the molecule is O=P(O)(O)CC[n+]1ccc(-c2ccc(-c3cc[n+](CCP(=O)(O)O)cc3)n2-c2ccccc2)cc1. The molecule has 0 aliphatic rings. The normalized spacial score (nSPS) is 12.1. The van der Waals surface area contributed by atoms with Crippen molar-refractivity contribution in [2.24, 2.45) is 0 Å². The van der Waals surface area contributed by atoms with E-state index in [9.17, 15) is 9.13 Å². The Kier molecular flexibility index (Phi) is 7.47. The summed E-state index contributed by atoms with van der Waals surface area (Å²) < 4.78 is 28.0. The minimum atomic E-state index is -4.06. The Labute approximate surface area is 202 Å². The molecule has 11 heteroatoms. The maximum absolute atomic E-state index is 11.2. The third kappa shape index (κ3) is 6.83. The number of para-hydroxylation sites is 1. The zero-order chi connectivity index (χ0) is 25.1. The molecule has 3 aromatic heterocycles. The molecule has 0 saturated carbocycles. The van der Waals surface area contributed by atoms with Gasteiger partial charge in [0, 0.05) is 41.1 Å². The van der Waals surface area contributed by atoms with Crippen molar-refractivity contribution in [3.8, 4) is 28.2 Å². The molecule has 182 valence electrons. The number of benzene rings is 1. The van der Waals surface area contributed by atoms with Gasteiger partial charge in [-0.2, -0.15) is 0 Å². The summed E-state index contributed by atoms with van der Waals surface area (Å²) in [5, 5.41) is 0. The van der Waals surface area contributed by atoms with Crippen molar-refractivity contribution in [1.29, 1.82) is 0 Å². The lowest BCUT2D eigenvalue weighted by Gasteiger charge is -2.14. The number of aryl methyl sites for hydroxylation is 2. The summed E-state index contributed by atoms with van der Waals surface area (Å²) >= 11 is 0. The van der Waals surface area contributed by atoms with Gasteiger partial charge in [0.1, 0.15) is 12.3 Å². The van der Waals surface area contributed by atoms with Crippen LogP contribution in [0.2, 0.25) is 0 Å². The molecule has 0 aliphatic carbocycles. The number of aromatic nitrogens is 3. The average molecular weight is 515 g/mol. The number of hydrogen-bond acceptors (Lipinski definition) is 2. The van der Waals surface area contributed by atoms with E-state index in [4.69, 9.17) is 19.6 Å². The molecule has 0 unspecified atom stereocenters. The van der Waals surface area contributed by atoms with Gasteiger partial charge in [0.05, 0.1) is 11.4 Å². The highest BCUT2D eigenvalue weighted by atomic mass is 31.2. The third-order valence-corrected chi connectivity index (χ3v) is 7.13. The van der Waals surface area contributed by atoms with Crippen LogP contribution in [0.4, 0.5) is 0 Å². The van der Waals surface area contributed by atoms with Crippen LogP contribution in [-0.2, 0) is 22.2 Å². The molecule has 4 aromatic rings. The lowest BCUT2D eigenvalue weighted by molar-refractivity contribution is -0.692. The fourth-order valence-corrected chi connectivity index (χ4v) is 4.77. The summed E-state index contributed by atoms with van der Waals surface area (Å²) in [6.45, 7) is 0.447. The van der Waals surface area contributed by atoms with Crippen LogP contribution >= 0.6 is 15.2 Å². The highest BCUT2D eigenvalue weighted by molar-refractivity contribution is 7.51. The van der Waals surface area contributed by atoms with Gasteiger partial charge < -0.3 is 24.1 Å². The van der Waals surface area contributed by atoms with Crippen molar-refractivity contribution in [2.45, 2.75) is 13.1 Å². The van der Waals surface area contributed by atoms with Gasteiger partial charge in [0.15, 0.2) is 37.9 Å². The van der Waals surface area contributed by atoms with Crippen LogP contribution in [0.1, 0.15) is 0 Å². The average Bonchev–Trinajstić information content (AvgIpc) is 3.27. The van der Waals surface area contributed by atoms with Gasteiger partial charge in [0.25, 0.3) is 0 Å². The molecule has 0 atom stereocenters. The highest BCUT2D eigenvalue weighted by Gasteiger charge is 2.19. The lowest BCUT2D eigenvalue weighted by Crippen LogP contribution is -2.34. The second kappa shape index (κ2) is 10.4. The zero-order valence-corrected chi connectivity index (χ0v) is 20.6. The van der Waals surface area contributed by atoms with Gasteiger partial charge in [-0.3, -0.25) is 9.13 Å². The lowest BCUT2D eigenvalue weighted by atomic mass is 10.2. The van der Waals surface area contributed by atoms with Crippen LogP contribution in [0.25, 0.3) is 28.2 Å². The number of nitrogens with zero attached hydrogens (tertiary/aromatic N) is 3. The largest absolute Gasteiger partial charge is 0.331 e. The highest BCUT2D eigenvalue weighted by Crippen LogP contribution is 2.34. The second-order valence-corrected chi connectivity index (χ2v) is 11.8. The van der Waals surface area contributed by atoms with Gasteiger partial charge in [-0.15, -0.1) is 0 Å². The maximum Gasteiger partial charge on any atom is 0.331 e. The molecule has 1 aromatic carbocycles. The van der Waals surface area contributed by atoms with Crippen LogP contribution < -0.4 is 9.13 Å². The van der Waals surface area contributed by atoms with E-state index in [0.29, 0.717) is 0 Å². The van der Waals surface area contributed by atoms with Gasteiger partial charge in [-0.25, -0.2) is 9.13 Å². The van der Waals surface area contributed by atoms with Crippen molar-refractivity contribution >= 4 is 15.2 Å². The molecular formula is C24H27N3O6P2+2. The van der Waals surface area contributed by atoms with E-state index in [1.807, 2.05) is 66.7 Å². The van der Waals surface area contributed by atoms with E-state index in [-0.39, 0.29) is 25.4 Å². The molecule has 3 heterocycles. The summed E-state index contributed by atoms with van der Waals surface area (Å²) in [6, 6.07) is 21.6. The Hall–Kier alpha value is -2.90. The second-order valence-electron chi connectivity index (χ2n) is 8.20. The molecular weight excluding hydrogens is 488 g/mol. The van der Waals surface area contributed by atoms with Crippen LogP contribution in [0, 0.1) is 0 Å².